The van der Waals surface area contributed by atoms with Gasteiger partial charge in [0.1, 0.15) is 17.8 Å². The van der Waals surface area contributed by atoms with Crippen molar-refractivity contribution in [3.63, 3.8) is 0 Å². The van der Waals surface area contributed by atoms with Crippen LogP contribution in [0.4, 0.5) is 4.39 Å². The molecule has 2 bridgehead atoms. The Morgan fingerprint density at radius 3 is 2.63 bits per heavy atom. The summed E-state index contributed by atoms with van der Waals surface area (Å²) < 4.78 is 24.5. The number of hydrogen-bond acceptors (Lipinski definition) is 5. The molecule has 4 aliphatic rings. The average molecular weight is 440 g/mol. The summed E-state index contributed by atoms with van der Waals surface area (Å²) in [5, 5.41) is 9.32. The van der Waals surface area contributed by atoms with Gasteiger partial charge in [0.25, 0.3) is 11.8 Å². The van der Waals surface area contributed by atoms with Crippen molar-refractivity contribution in [3.8, 4) is 5.75 Å². The molecule has 1 aliphatic heterocycles. The van der Waals surface area contributed by atoms with Gasteiger partial charge in [-0.1, -0.05) is 18.5 Å². The molecule has 5 rings (SSSR count). The second-order valence-corrected chi connectivity index (χ2v) is 8.72. The second-order valence-electron chi connectivity index (χ2n) is 8.31. The fourth-order valence-electron chi connectivity index (χ4n) is 4.55. The number of carbonyl (C=O) groups excluding carboxylic acids is 2. The number of carbonyl (C=O) groups is 2. The molecule has 0 aromatic heterocycles. The Bertz CT molecular complexity index is 804. The molecule has 3 aliphatic carbocycles. The molecule has 3 saturated carbocycles. The fourth-order valence-corrected chi connectivity index (χ4v) is 4.66. The first-order valence-corrected chi connectivity index (χ1v) is 10.9. The monoisotopic (exact) mass is 439 g/mol. The van der Waals surface area contributed by atoms with E-state index in [0.717, 1.165) is 25.3 Å². The highest BCUT2D eigenvalue weighted by Gasteiger charge is 2.47. The van der Waals surface area contributed by atoms with Crippen LogP contribution in [0.2, 0.25) is 5.02 Å². The van der Waals surface area contributed by atoms with Crippen LogP contribution in [0.3, 0.4) is 0 Å². The van der Waals surface area contributed by atoms with E-state index >= 15 is 0 Å². The molecule has 1 saturated heterocycles. The van der Waals surface area contributed by atoms with Crippen LogP contribution in [0.25, 0.3) is 0 Å². The minimum Gasteiger partial charge on any atom is -0.484 e. The summed E-state index contributed by atoms with van der Waals surface area (Å²) in [6.07, 6.45) is 2.95. The van der Waals surface area contributed by atoms with E-state index in [4.69, 9.17) is 21.1 Å². The van der Waals surface area contributed by atoms with Gasteiger partial charge in [0.15, 0.2) is 12.7 Å². The summed E-state index contributed by atoms with van der Waals surface area (Å²) in [4.78, 5) is 24.9. The van der Waals surface area contributed by atoms with Crippen LogP contribution in [0.1, 0.15) is 32.6 Å². The quantitative estimate of drug-likeness (QED) is 0.604. The van der Waals surface area contributed by atoms with E-state index < -0.39 is 11.9 Å². The maximum atomic E-state index is 13.5. The van der Waals surface area contributed by atoms with E-state index in [9.17, 15) is 14.0 Å². The molecule has 4 fully saturated rings. The third-order valence-electron chi connectivity index (χ3n) is 6.31. The van der Waals surface area contributed by atoms with Crippen LogP contribution in [-0.4, -0.2) is 49.4 Å². The Balaban J connectivity index is 1.25. The van der Waals surface area contributed by atoms with Gasteiger partial charge in [-0.2, -0.15) is 0 Å². The molecule has 30 heavy (non-hydrogen) atoms. The Kier molecular flexibility index (Phi) is 6.46. The third kappa shape index (κ3) is 4.71. The van der Waals surface area contributed by atoms with Crippen LogP contribution in [0.15, 0.2) is 18.2 Å². The number of ether oxygens (including phenoxy) is 2. The molecule has 0 radical (unpaired) electrons. The van der Waals surface area contributed by atoms with Crippen molar-refractivity contribution in [3.05, 3.63) is 29.0 Å². The van der Waals surface area contributed by atoms with Crippen molar-refractivity contribution >= 4 is 23.4 Å². The Hall–Kier alpha value is -1.90. The second kappa shape index (κ2) is 9.08. The number of halogens is 2. The summed E-state index contributed by atoms with van der Waals surface area (Å²) in [7, 11) is 0. The molecule has 2 unspecified atom stereocenters. The third-order valence-corrected chi connectivity index (χ3v) is 6.62. The fraction of sp³-hybridized carbons (Fsp3) is 0.619. The van der Waals surface area contributed by atoms with Gasteiger partial charge < -0.3 is 20.1 Å². The standard InChI is InChI=1S/C21H27ClFN3O4/c1-2-20-24-9-18(30-20)21(28)26-17-8-16(11-5-12(17)6-11)25-19(27)10-29-13-3-4-14(22)15(23)7-13/h3-4,7,11-12,16-18,20,24H,2,5-6,8-10H2,1H3,(H,25,27)(H,26,28)/t11?,12?,16-,17+,18?,20?/m0/s1. The van der Waals surface area contributed by atoms with Gasteiger partial charge in [-0.15, -0.1) is 0 Å². The first-order chi connectivity index (χ1) is 14.4. The van der Waals surface area contributed by atoms with Crippen molar-refractivity contribution in [1.82, 2.24) is 16.0 Å². The number of hydrogen-bond donors (Lipinski definition) is 3. The summed E-state index contributed by atoms with van der Waals surface area (Å²) in [6.45, 7) is 2.33. The number of benzene rings is 1. The Labute approximate surface area is 180 Å². The Morgan fingerprint density at radius 2 is 1.97 bits per heavy atom. The molecule has 1 aromatic carbocycles. The zero-order valence-electron chi connectivity index (χ0n) is 16.8. The zero-order chi connectivity index (χ0) is 21.3. The highest BCUT2D eigenvalue weighted by molar-refractivity contribution is 6.30. The average Bonchev–Trinajstić information content (AvgIpc) is 3.17. The van der Waals surface area contributed by atoms with Crippen LogP contribution in [0.5, 0.6) is 5.75 Å². The molecule has 2 amide bonds. The summed E-state index contributed by atoms with van der Waals surface area (Å²) in [5.74, 6) is 0.185. The first kappa shape index (κ1) is 21.3. The summed E-state index contributed by atoms with van der Waals surface area (Å²) in [6, 6.07) is 4.08. The lowest BCUT2D eigenvalue weighted by molar-refractivity contribution is -0.134. The first-order valence-electron chi connectivity index (χ1n) is 10.5. The number of fused-ring (bicyclic) bond motifs is 2. The molecule has 0 spiro atoms. The molecular formula is C21H27ClFN3O4. The maximum absolute atomic E-state index is 13.5. The van der Waals surface area contributed by atoms with E-state index in [2.05, 4.69) is 16.0 Å². The minimum absolute atomic E-state index is 0.00522. The van der Waals surface area contributed by atoms with Crippen molar-refractivity contribution in [2.75, 3.05) is 13.2 Å². The van der Waals surface area contributed by atoms with Crippen molar-refractivity contribution in [2.24, 2.45) is 11.8 Å². The lowest BCUT2D eigenvalue weighted by Gasteiger charge is -2.51. The van der Waals surface area contributed by atoms with Crippen molar-refractivity contribution < 1.29 is 23.5 Å². The van der Waals surface area contributed by atoms with Crippen molar-refractivity contribution in [2.45, 2.75) is 57.0 Å². The molecule has 4 atom stereocenters. The van der Waals surface area contributed by atoms with Crippen LogP contribution >= 0.6 is 11.6 Å². The Morgan fingerprint density at radius 1 is 1.23 bits per heavy atom. The van der Waals surface area contributed by atoms with E-state index in [0.29, 0.717) is 24.8 Å². The summed E-state index contributed by atoms with van der Waals surface area (Å²) in [5.41, 5.74) is 0. The number of rotatable bonds is 7. The van der Waals surface area contributed by atoms with E-state index in [1.54, 1.807) is 0 Å². The smallest absolute Gasteiger partial charge is 0.258 e. The van der Waals surface area contributed by atoms with Gasteiger partial charge in [-0.05, 0) is 49.7 Å². The lowest BCUT2D eigenvalue weighted by atomic mass is 9.60. The number of amides is 2. The van der Waals surface area contributed by atoms with Gasteiger partial charge >= 0.3 is 0 Å². The predicted molar refractivity (Wildman–Crippen MR) is 109 cm³/mol. The molecule has 3 N–H and O–H groups in total. The molecule has 1 heterocycles. The summed E-state index contributed by atoms with van der Waals surface area (Å²) >= 11 is 5.65. The van der Waals surface area contributed by atoms with Crippen LogP contribution in [-0.2, 0) is 14.3 Å². The topological polar surface area (TPSA) is 88.7 Å². The van der Waals surface area contributed by atoms with Crippen LogP contribution < -0.4 is 20.7 Å². The zero-order valence-corrected chi connectivity index (χ0v) is 17.6. The predicted octanol–water partition coefficient (Wildman–Crippen LogP) is 1.98. The van der Waals surface area contributed by atoms with E-state index in [1.165, 1.54) is 12.1 Å². The molecule has 164 valence electrons. The van der Waals surface area contributed by atoms with Gasteiger partial charge in [-0.25, -0.2) is 4.39 Å². The van der Waals surface area contributed by atoms with Gasteiger partial charge in [-0.3, -0.25) is 14.9 Å². The largest absolute Gasteiger partial charge is 0.484 e. The van der Waals surface area contributed by atoms with Crippen molar-refractivity contribution in [1.29, 1.82) is 0 Å². The van der Waals surface area contributed by atoms with Crippen LogP contribution in [0, 0.1) is 17.7 Å². The van der Waals surface area contributed by atoms with Gasteiger partial charge in [0.2, 0.25) is 0 Å². The van der Waals surface area contributed by atoms with Gasteiger partial charge in [0, 0.05) is 24.7 Å². The highest BCUT2D eigenvalue weighted by Crippen LogP contribution is 2.45. The lowest BCUT2D eigenvalue weighted by Crippen LogP contribution is -2.61. The minimum atomic E-state index is -0.590. The molecule has 9 heteroatoms. The normalized spacial score (nSPS) is 32.2. The number of nitrogens with one attached hydrogen (secondary N) is 3. The maximum Gasteiger partial charge on any atom is 0.258 e. The van der Waals surface area contributed by atoms with E-state index in [1.807, 2.05) is 6.92 Å². The van der Waals surface area contributed by atoms with Gasteiger partial charge in [0.05, 0.1) is 5.02 Å². The highest BCUT2D eigenvalue weighted by atomic mass is 35.5. The SMILES string of the molecule is CCC1NCC(C(=O)N[C@@H]2C[C@H](NC(=O)COc3ccc(Cl)c(F)c3)C3CC2C3)O1. The molecular weight excluding hydrogens is 413 g/mol. The van der Waals surface area contributed by atoms with E-state index in [-0.39, 0.29) is 47.5 Å². The molecule has 7 nitrogen and oxygen atoms in total. The molecule has 1 aromatic rings.